The smallest absolute Gasteiger partial charge is 0.221 e. The fourth-order valence-electron chi connectivity index (χ4n) is 1.11. The van der Waals surface area contributed by atoms with Gasteiger partial charge in [0.25, 0.3) is 0 Å². The molecule has 0 heterocycles. The van der Waals surface area contributed by atoms with Crippen molar-refractivity contribution in [2.75, 3.05) is 5.32 Å². The number of carboxylic acid groups (broad SMARTS) is 1. The highest BCUT2D eigenvalue weighted by molar-refractivity contribution is 9.10. The zero-order valence-corrected chi connectivity index (χ0v) is 9.83. The van der Waals surface area contributed by atoms with Crippen LogP contribution in [0.5, 0.6) is 0 Å². The first-order chi connectivity index (χ1) is 7.41. The molecule has 0 bridgehead atoms. The Bertz CT molecular complexity index is 470. The van der Waals surface area contributed by atoms with E-state index in [4.69, 9.17) is 0 Å². The summed E-state index contributed by atoms with van der Waals surface area (Å²) in [4.78, 5) is 32.6. The van der Waals surface area contributed by atoms with Crippen LogP contribution in [0, 0.1) is 0 Å². The van der Waals surface area contributed by atoms with E-state index >= 15 is 0 Å². The predicted octanol–water partition coefficient (Wildman–Crippen LogP) is 0.340. The number of hydrogen-bond acceptors (Lipinski definition) is 4. The molecule has 16 heavy (non-hydrogen) atoms. The lowest BCUT2D eigenvalue weighted by atomic mass is 10.1. The molecule has 0 aromatic heterocycles. The number of aliphatic carboxylic acids is 1. The minimum atomic E-state index is -1.82. The van der Waals surface area contributed by atoms with Gasteiger partial charge >= 0.3 is 0 Å². The average molecular weight is 285 g/mol. The Labute approximate surface area is 99.6 Å². The van der Waals surface area contributed by atoms with Gasteiger partial charge in [-0.05, 0) is 18.2 Å². The molecular weight excluding hydrogens is 278 g/mol. The molecule has 1 N–H and O–H groups in total. The highest BCUT2D eigenvalue weighted by atomic mass is 79.9. The molecule has 0 spiro atoms. The summed E-state index contributed by atoms with van der Waals surface area (Å²) in [6.07, 6.45) is 0. The van der Waals surface area contributed by atoms with E-state index in [1.165, 1.54) is 19.1 Å². The van der Waals surface area contributed by atoms with E-state index in [1.807, 2.05) is 0 Å². The van der Waals surface area contributed by atoms with E-state index in [0.29, 0.717) is 4.47 Å². The van der Waals surface area contributed by atoms with Gasteiger partial charge in [0.1, 0.15) is 5.97 Å². The molecule has 0 aliphatic heterocycles. The number of carbonyl (C=O) groups is 3. The molecule has 1 rings (SSSR count). The first-order valence-electron chi connectivity index (χ1n) is 4.24. The van der Waals surface area contributed by atoms with Crippen LogP contribution in [0.2, 0.25) is 0 Å². The molecule has 0 aliphatic carbocycles. The summed E-state index contributed by atoms with van der Waals surface area (Å²) in [5.74, 6) is -3.38. The second-order valence-corrected chi connectivity index (χ2v) is 3.90. The molecule has 0 fully saturated rings. The second-order valence-electron chi connectivity index (χ2n) is 2.99. The summed E-state index contributed by atoms with van der Waals surface area (Å²) in [5, 5.41) is 12.8. The van der Waals surface area contributed by atoms with E-state index in [2.05, 4.69) is 21.2 Å². The Morgan fingerprint density at radius 1 is 1.31 bits per heavy atom. The number of halogens is 1. The standard InChI is InChI=1S/C10H8BrNO4/c1-5(13)12-8-3-2-6(11)4-7(8)9(14)10(15)16/h2-4H,1H3,(H,12,13)(H,15,16)/p-1. The van der Waals surface area contributed by atoms with Crippen LogP contribution in [0.1, 0.15) is 17.3 Å². The van der Waals surface area contributed by atoms with Gasteiger partial charge in [-0.2, -0.15) is 0 Å². The summed E-state index contributed by atoms with van der Waals surface area (Å²) >= 11 is 3.10. The molecule has 0 atom stereocenters. The van der Waals surface area contributed by atoms with Gasteiger partial charge in [0.2, 0.25) is 11.7 Å². The van der Waals surface area contributed by atoms with E-state index < -0.39 is 17.7 Å². The number of anilines is 1. The Kier molecular flexibility index (Phi) is 3.78. The summed E-state index contributed by atoms with van der Waals surface area (Å²) in [6.45, 7) is 1.26. The van der Waals surface area contributed by atoms with E-state index in [0.717, 1.165) is 0 Å². The number of Topliss-reactive ketones (excluding diaryl/α,β-unsaturated/α-hetero) is 1. The van der Waals surface area contributed by atoms with Crippen LogP contribution >= 0.6 is 15.9 Å². The van der Waals surface area contributed by atoms with Gasteiger partial charge in [0, 0.05) is 17.0 Å². The van der Waals surface area contributed by atoms with Crippen molar-refractivity contribution in [1.29, 1.82) is 0 Å². The lowest BCUT2D eigenvalue weighted by Gasteiger charge is -2.09. The third-order valence-corrected chi connectivity index (χ3v) is 2.22. The molecule has 0 aliphatic rings. The maximum absolute atomic E-state index is 11.3. The van der Waals surface area contributed by atoms with Crippen LogP contribution in [-0.2, 0) is 9.59 Å². The quantitative estimate of drug-likeness (QED) is 0.641. The number of carbonyl (C=O) groups excluding carboxylic acids is 3. The first kappa shape index (κ1) is 12.4. The molecule has 84 valence electrons. The lowest BCUT2D eigenvalue weighted by molar-refractivity contribution is -0.296. The van der Waals surface area contributed by atoms with Crippen LogP contribution in [0.15, 0.2) is 22.7 Å². The molecule has 1 aromatic rings. The zero-order chi connectivity index (χ0) is 12.3. The van der Waals surface area contributed by atoms with E-state index in [-0.39, 0.29) is 11.3 Å². The fourth-order valence-corrected chi connectivity index (χ4v) is 1.47. The number of hydrogen-bond donors (Lipinski definition) is 1. The van der Waals surface area contributed by atoms with Gasteiger partial charge in [-0.3, -0.25) is 9.59 Å². The lowest BCUT2D eigenvalue weighted by Crippen LogP contribution is -2.32. The topological polar surface area (TPSA) is 86.3 Å². The summed E-state index contributed by atoms with van der Waals surface area (Å²) in [5.41, 5.74) is 0.0227. The summed E-state index contributed by atoms with van der Waals surface area (Å²) in [7, 11) is 0. The second kappa shape index (κ2) is 4.89. The number of ketones is 1. The Balaban J connectivity index is 3.22. The van der Waals surface area contributed by atoms with Crippen LogP contribution in [0.3, 0.4) is 0 Å². The number of benzene rings is 1. The molecule has 1 amide bonds. The van der Waals surface area contributed by atoms with Gasteiger partial charge in [-0.15, -0.1) is 0 Å². The Hall–Kier alpha value is -1.69. The van der Waals surface area contributed by atoms with Crippen LogP contribution < -0.4 is 10.4 Å². The van der Waals surface area contributed by atoms with Crippen LogP contribution in [0.25, 0.3) is 0 Å². The van der Waals surface area contributed by atoms with Gasteiger partial charge in [-0.1, -0.05) is 15.9 Å². The van der Waals surface area contributed by atoms with Crippen molar-refractivity contribution in [3.63, 3.8) is 0 Å². The number of nitrogens with one attached hydrogen (secondary N) is 1. The fraction of sp³-hybridized carbons (Fsp3) is 0.100. The third kappa shape index (κ3) is 2.90. The molecule has 5 nitrogen and oxygen atoms in total. The highest BCUT2D eigenvalue weighted by Crippen LogP contribution is 2.21. The van der Waals surface area contributed by atoms with Crippen LogP contribution in [0.4, 0.5) is 5.69 Å². The zero-order valence-electron chi connectivity index (χ0n) is 8.24. The van der Waals surface area contributed by atoms with Crippen molar-refractivity contribution < 1.29 is 19.5 Å². The molecule has 0 radical (unpaired) electrons. The summed E-state index contributed by atoms with van der Waals surface area (Å²) in [6, 6.07) is 4.32. The first-order valence-corrected chi connectivity index (χ1v) is 5.04. The molecule has 0 unspecified atom stereocenters. The van der Waals surface area contributed by atoms with Gasteiger partial charge in [0.15, 0.2) is 0 Å². The van der Waals surface area contributed by atoms with Crippen molar-refractivity contribution in [3.8, 4) is 0 Å². The van der Waals surface area contributed by atoms with Gasteiger partial charge in [-0.25, -0.2) is 0 Å². The number of rotatable bonds is 3. The average Bonchev–Trinajstić information content (AvgIpc) is 2.18. The largest absolute Gasteiger partial charge is 0.541 e. The maximum atomic E-state index is 11.3. The van der Waals surface area contributed by atoms with Gasteiger partial charge in [0.05, 0.1) is 5.69 Å². The SMILES string of the molecule is CC(=O)Nc1ccc(Br)cc1C(=O)C(=O)[O-]. The molecule has 0 saturated heterocycles. The van der Waals surface area contributed by atoms with Crippen molar-refractivity contribution >= 4 is 39.3 Å². The molecule has 6 heteroatoms. The Morgan fingerprint density at radius 2 is 1.94 bits per heavy atom. The molecule has 0 saturated carbocycles. The van der Waals surface area contributed by atoms with Gasteiger partial charge < -0.3 is 15.2 Å². The van der Waals surface area contributed by atoms with Crippen molar-refractivity contribution in [1.82, 2.24) is 0 Å². The third-order valence-electron chi connectivity index (χ3n) is 1.72. The minimum absolute atomic E-state index is 0.121. The molecule has 1 aromatic carbocycles. The number of amides is 1. The predicted molar refractivity (Wildman–Crippen MR) is 57.8 cm³/mol. The maximum Gasteiger partial charge on any atom is 0.221 e. The van der Waals surface area contributed by atoms with Crippen molar-refractivity contribution in [3.05, 3.63) is 28.2 Å². The minimum Gasteiger partial charge on any atom is -0.541 e. The van der Waals surface area contributed by atoms with Crippen LogP contribution in [-0.4, -0.2) is 17.7 Å². The van der Waals surface area contributed by atoms with Crippen molar-refractivity contribution in [2.45, 2.75) is 6.92 Å². The Morgan fingerprint density at radius 3 is 2.44 bits per heavy atom. The normalized spacial score (nSPS) is 9.62. The monoisotopic (exact) mass is 284 g/mol. The number of carboxylic acids is 1. The van der Waals surface area contributed by atoms with E-state index in [9.17, 15) is 19.5 Å². The van der Waals surface area contributed by atoms with E-state index in [1.54, 1.807) is 6.07 Å². The highest BCUT2D eigenvalue weighted by Gasteiger charge is 2.13. The van der Waals surface area contributed by atoms with Crippen molar-refractivity contribution in [2.24, 2.45) is 0 Å². The summed E-state index contributed by atoms with van der Waals surface area (Å²) < 4.78 is 0.534. The molecular formula is C10H7BrNO4-.